The summed E-state index contributed by atoms with van der Waals surface area (Å²) >= 11 is 7.15. The van der Waals surface area contributed by atoms with Gasteiger partial charge in [-0.15, -0.1) is 11.6 Å². The van der Waals surface area contributed by atoms with E-state index in [9.17, 15) is 9.59 Å². The molecule has 1 rings (SSSR count). The van der Waals surface area contributed by atoms with E-state index < -0.39 is 12.1 Å². The topological polar surface area (TPSA) is 46.6 Å². The molecule has 1 aliphatic heterocycles. The van der Waals surface area contributed by atoms with Gasteiger partial charge in [0, 0.05) is 18.1 Å². The molecule has 1 fully saturated rings. The number of ether oxygens (including phenoxy) is 1. The molecule has 1 amide bonds. The van der Waals surface area contributed by atoms with E-state index in [0.29, 0.717) is 18.9 Å². The van der Waals surface area contributed by atoms with Gasteiger partial charge in [-0.1, -0.05) is 0 Å². The normalized spacial score (nSPS) is 21.2. The van der Waals surface area contributed by atoms with Crippen molar-refractivity contribution in [3.05, 3.63) is 0 Å². The van der Waals surface area contributed by atoms with Gasteiger partial charge in [0.25, 0.3) is 0 Å². The van der Waals surface area contributed by atoms with Crippen molar-refractivity contribution in [2.75, 3.05) is 30.5 Å². The van der Waals surface area contributed by atoms with E-state index in [1.807, 2.05) is 0 Å². The Labute approximate surface area is 98.3 Å². The van der Waals surface area contributed by atoms with Crippen LogP contribution in [0.5, 0.6) is 0 Å². The summed E-state index contributed by atoms with van der Waals surface area (Å²) in [7, 11) is 0. The van der Waals surface area contributed by atoms with Crippen LogP contribution >= 0.6 is 23.4 Å². The van der Waals surface area contributed by atoms with Crippen LogP contribution < -0.4 is 0 Å². The number of rotatable bonds is 3. The summed E-state index contributed by atoms with van der Waals surface area (Å²) < 4.78 is 4.89. The van der Waals surface area contributed by atoms with Crippen LogP contribution in [0.15, 0.2) is 0 Å². The highest BCUT2D eigenvalue weighted by molar-refractivity contribution is 7.99. The summed E-state index contributed by atoms with van der Waals surface area (Å²) in [5, 5.41) is 0. The third-order valence-corrected chi connectivity index (χ3v) is 3.42. The smallest absolute Gasteiger partial charge is 0.410 e. The molecule has 1 unspecified atom stereocenters. The highest BCUT2D eigenvalue weighted by Gasteiger charge is 2.32. The van der Waals surface area contributed by atoms with Crippen LogP contribution in [0.3, 0.4) is 0 Å². The fourth-order valence-corrected chi connectivity index (χ4v) is 2.64. The number of hydrogen-bond acceptors (Lipinski definition) is 4. The predicted octanol–water partition coefficient (Wildman–Crippen LogP) is 1.37. The molecule has 0 saturated carbocycles. The monoisotopic (exact) mass is 251 g/mol. The first kappa shape index (κ1) is 12.6. The summed E-state index contributed by atoms with van der Waals surface area (Å²) in [6.45, 7) is 2.62. The quantitative estimate of drug-likeness (QED) is 0.711. The number of hydrogen-bond donors (Lipinski definition) is 0. The van der Waals surface area contributed by atoms with Crippen molar-refractivity contribution in [3.8, 4) is 0 Å². The Morgan fingerprint density at radius 3 is 2.93 bits per heavy atom. The molecule has 0 radical (unpaired) electrons. The SMILES string of the molecule is CCOC(=O)N1CCSCC1C(=O)CCl. The van der Waals surface area contributed by atoms with E-state index in [2.05, 4.69) is 0 Å². The van der Waals surface area contributed by atoms with Gasteiger partial charge in [0.1, 0.15) is 6.04 Å². The molecule has 0 aliphatic carbocycles. The first-order chi connectivity index (χ1) is 7.20. The fourth-order valence-electron chi connectivity index (χ4n) is 1.38. The summed E-state index contributed by atoms with van der Waals surface area (Å²) in [6, 6.07) is -0.416. The van der Waals surface area contributed by atoms with E-state index >= 15 is 0 Å². The van der Waals surface area contributed by atoms with Gasteiger partial charge < -0.3 is 4.74 Å². The van der Waals surface area contributed by atoms with E-state index in [1.54, 1.807) is 18.7 Å². The van der Waals surface area contributed by atoms with Crippen LogP contribution in [0.2, 0.25) is 0 Å². The lowest BCUT2D eigenvalue weighted by Gasteiger charge is -2.32. The molecule has 6 heteroatoms. The summed E-state index contributed by atoms with van der Waals surface area (Å²) in [5.41, 5.74) is 0. The lowest BCUT2D eigenvalue weighted by atomic mass is 10.2. The van der Waals surface area contributed by atoms with Crippen LogP contribution in [0.4, 0.5) is 4.79 Å². The highest BCUT2D eigenvalue weighted by atomic mass is 35.5. The molecule has 0 aromatic carbocycles. The number of alkyl halides is 1. The lowest BCUT2D eigenvalue weighted by Crippen LogP contribution is -2.50. The van der Waals surface area contributed by atoms with Crippen molar-refractivity contribution in [1.29, 1.82) is 0 Å². The van der Waals surface area contributed by atoms with Gasteiger partial charge in [-0.2, -0.15) is 11.8 Å². The van der Waals surface area contributed by atoms with E-state index in [1.165, 1.54) is 4.90 Å². The molecule has 0 aromatic rings. The summed E-state index contributed by atoms with van der Waals surface area (Å²) in [4.78, 5) is 24.5. The van der Waals surface area contributed by atoms with E-state index in [-0.39, 0.29) is 11.7 Å². The zero-order chi connectivity index (χ0) is 11.3. The Balaban J connectivity index is 2.65. The Kier molecular flexibility index (Phi) is 5.25. The maximum Gasteiger partial charge on any atom is 0.410 e. The second-order valence-corrected chi connectivity index (χ2v) is 4.50. The zero-order valence-electron chi connectivity index (χ0n) is 8.57. The number of thioether (sulfide) groups is 1. The minimum absolute atomic E-state index is 0.0544. The molecule has 0 N–H and O–H groups in total. The van der Waals surface area contributed by atoms with Crippen molar-refractivity contribution in [2.45, 2.75) is 13.0 Å². The maximum absolute atomic E-state index is 11.5. The molecular weight excluding hydrogens is 238 g/mol. The summed E-state index contributed by atoms with van der Waals surface area (Å²) in [5.74, 6) is 1.29. The largest absolute Gasteiger partial charge is 0.450 e. The van der Waals surface area contributed by atoms with Gasteiger partial charge in [0.2, 0.25) is 0 Å². The molecule has 0 spiro atoms. The number of halogens is 1. The summed E-state index contributed by atoms with van der Waals surface area (Å²) in [6.07, 6.45) is -0.415. The minimum atomic E-state index is -0.416. The Morgan fingerprint density at radius 1 is 1.60 bits per heavy atom. The third kappa shape index (κ3) is 3.28. The maximum atomic E-state index is 11.5. The van der Waals surface area contributed by atoms with Crippen molar-refractivity contribution < 1.29 is 14.3 Å². The van der Waals surface area contributed by atoms with E-state index in [0.717, 1.165) is 5.75 Å². The van der Waals surface area contributed by atoms with Gasteiger partial charge >= 0.3 is 6.09 Å². The second-order valence-electron chi connectivity index (χ2n) is 3.08. The number of carbonyl (C=O) groups excluding carboxylic acids is 2. The Hall–Kier alpha value is -0.420. The predicted molar refractivity (Wildman–Crippen MR) is 60.6 cm³/mol. The second kappa shape index (κ2) is 6.23. The standard InChI is InChI=1S/C9H14ClNO3S/c1-2-14-9(13)11-3-4-15-6-7(11)8(12)5-10/h7H,2-6H2,1H3. The molecule has 86 valence electrons. The van der Waals surface area contributed by atoms with Crippen LogP contribution in [0, 0.1) is 0 Å². The first-order valence-electron chi connectivity index (χ1n) is 4.80. The van der Waals surface area contributed by atoms with Crippen LogP contribution in [-0.2, 0) is 9.53 Å². The third-order valence-electron chi connectivity index (χ3n) is 2.13. The average Bonchev–Trinajstić information content (AvgIpc) is 2.28. The van der Waals surface area contributed by atoms with Crippen LogP contribution in [0.25, 0.3) is 0 Å². The number of Topliss-reactive ketones (excluding diaryl/α,β-unsaturated/α-hetero) is 1. The first-order valence-corrected chi connectivity index (χ1v) is 6.49. The van der Waals surface area contributed by atoms with Gasteiger partial charge in [-0.05, 0) is 6.92 Å². The number of carbonyl (C=O) groups is 2. The average molecular weight is 252 g/mol. The van der Waals surface area contributed by atoms with Crippen molar-refractivity contribution >= 4 is 35.2 Å². The molecule has 4 nitrogen and oxygen atoms in total. The molecule has 1 heterocycles. The minimum Gasteiger partial charge on any atom is -0.450 e. The highest BCUT2D eigenvalue weighted by Crippen LogP contribution is 2.18. The molecule has 15 heavy (non-hydrogen) atoms. The van der Waals surface area contributed by atoms with Gasteiger partial charge in [-0.25, -0.2) is 4.79 Å². The van der Waals surface area contributed by atoms with Crippen LogP contribution in [0.1, 0.15) is 6.92 Å². The van der Waals surface area contributed by atoms with Gasteiger partial charge in [0.05, 0.1) is 12.5 Å². The van der Waals surface area contributed by atoms with Crippen molar-refractivity contribution in [3.63, 3.8) is 0 Å². The Bertz CT molecular complexity index is 250. The zero-order valence-corrected chi connectivity index (χ0v) is 10.1. The molecule has 1 saturated heterocycles. The Morgan fingerprint density at radius 2 is 2.33 bits per heavy atom. The lowest BCUT2D eigenvalue weighted by molar-refractivity contribution is -0.120. The van der Waals surface area contributed by atoms with Crippen molar-refractivity contribution in [1.82, 2.24) is 4.90 Å². The van der Waals surface area contributed by atoms with Gasteiger partial charge in [0.15, 0.2) is 5.78 Å². The number of amides is 1. The molecule has 0 aromatic heterocycles. The van der Waals surface area contributed by atoms with Crippen molar-refractivity contribution in [2.24, 2.45) is 0 Å². The van der Waals surface area contributed by atoms with E-state index in [4.69, 9.17) is 16.3 Å². The fraction of sp³-hybridized carbons (Fsp3) is 0.778. The number of nitrogens with zero attached hydrogens (tertiary/aromatic N) is 1. The molecule has 1 atom stereocenters. The molecule has 1 aliphatic rings. The molecular formula is C9H14ClNO3S. The van der Waals surface area contributed by atoms with Gasteiger partial charge in [-0.3, -0.25) is 9.69 Å². The van der Waals surface area contributed by atoms with Crippen LogP contribution in [-0.4, -0.2) is 53.4 Å². The number of ketones is 1. The molecule has 0 bridgehead atoms.